The van der Waals surface area contributed by atoms with Gasteiger partial charge >= 0.3 is 0 Å². The fourth-order valence-electron chi connectivity index (χ4n) is 1.12. The minimum absolute atomic E-state index is 0.615. The monoisotopic (exact) mass is 193 g/mol. The summed E-state index contributed by atoms with van der Waals surface area (Å²) in [5.74, 6) is 0.885. The Morgan fingerprint density at radius 1 is 1.50 bits per heavy atom. The smallest absolute Gasteiger partial charge is 0.145 e. The maximum Gasteiger partial charge on any atom is 0.145 e. The lowest BCUT2D eigenvalue weighted by Gasteiger charge is -2.03. The van der Waals surface area contributed by atoms with E-state index in [2.05, 4.69) is 31.0 Å². The van der Waals surface area contributed by atoms with Crippen LogP contribution in [0.15, 0.2) is 12.4 Å². The van der Waals surface area contributed by atoms with Crippen LogP contribution in [0.1, 0.15) is 12.6 Å². The average Bonchev–Trinajstić information content (AvgIpc) is 2.85. The first-order chi connectivity index (χ1) is 6.90. The number of rotatable bonds is 4. The molecule has 0 atom stereocenters. The quantitative estimate of drug-likeness (QED) is 0.715. The first-order valence-corrected chi connectivity index (χ1v) is 4.37. The fraction of sp³-hybridized carbons (Fsp3) is 0.429. The van der Waals surface area contributed by atoms with Crippen molar-refractivity contribution in [3.8, 4) is 0 Å². The number of nitrogens with one attached hydrogen (secondary N) is 2. The predicted molar refractivity (Wildman–Crippen MR) is 49.4 cm³/mol. The zero-order chi connectivity index (χ0) is 9.80. The van der Waals surface area contributed by atoms with Crippen LogP contribution in [0.4, 0.5) is 5.82 Å². The third-order valence-corrected chi connectivity index (χ3v) is 1.83. The number of aryl methyl sites for hydroxylation is 1. The van der Waals surface area contributed by atoms with Crippen LogP contribution in [0.3, 0.4) is 0 Å². The van der Waals surface area contributed by atoms with E-state index in [4.69, 9.17) is 0 Å². The van der Waals surface area contributed by atoms with Crippen molar-refractivity contribution < 1.29 is 0 Å². The van der Waals surface area contributed by atoms with Crippen molar-refractivity contribution in [3.05, 3.63) is 18.1 Å². The largest absolute Gasteiger partial charge is 0.363 e. The molecule has 0 aliphatic carbocycles. The van der Waals surface area contributed by atoms with Gasteiger partial charge in [0.05, 0.1) is 18.9 Å². The summed E-state index contributed by atoms with van der Waals surface area (Å²) in [5, 5.41) is 21.0. The van der Waals surface area contributed by atoms with E-state index in [0.29, 0.717) is 6.54 Å². The van der Waals surface area contributed by atoms with Gasteiger partial charge in [0, 0.05) is 6.54 Å². The van der Waals surface area contributed by atoms with Crippen molar-refractivity contribution in [1.29, 1.82) is 0 Å². The molecule has 0 fully saturated rings. The Hall–Kier alpha value is -1.92. The molecule has 14 heavy (non-hydrogen) atoms. The molecule has 0 saturated carbocycles. The molecule has 0 unspecified atom stereocenters. The van der Waals surface area contributed by atoms with Gasteiger partial charge in [0.15, 0.2) is 0 Å². The number of hydrogen-bond donors (Lipinski definition) is 2. The summed E-state index contributed by atoms with van der Waals surface area (Å²) in [4.78, 5) is 0. The molecule has 0 aliphatic heterocycles. The molecule has 7 nitrogen and oxygen atoms in total. The van der Waals surface area contributed by atoms with Gasteiger partial charge in [0.2, 0.25) is 0 Å². The molecule has 0 radical (unpaired) electrons. The maximum absolute atomic E-state index is 3.92. The van der Waals surface area contributed by atoms with Crippen molar-refractivity contribution in [2.24, 2.45) is 0 Å². The fourth-order valence-corrected chi connectivity index (χ4v) is 1.12. The van der Waals surface area contributed by atoms with Crippen LogP contribution >= 0.6 is 0 Å². The van der Waals surface area contributed by atoms with E-state index in [9.17, 15) is 0 Å². The lowest BCUT2D eigenvalue weighted by Crippen LogP contribution is -2.07. The molecule has 0 bridgehead atoms. The van der Waals surface area contributed by atoms with Crippen molar-refractivity contribution in [2.75, 3.05) is 5.32 Å². The van der Waals surface area contributed by atoms with E-state index in [1.54, 1.807) is 17.1 Å². The Morgan fingerprint density at radius 3 is 3.14 bits per heavy atom. The highest BCUT2D eigenvalue weighted by molar-refractivity contribution is 5.31. The third kappa shape index (κ3) is 1.70. The third-order valence-electron chi connectivity index (χ3n) is 1.83. The first-order valence-electron chi connectivity index (χ1n) is 4.37. The Morgan fingerprint density at radius 2 is 2.43 bits per heavy atom. The highest BCUT2D eigenvalue weighted by Gasteiger charge is 2.01. The lowest BCUT2D eigenvalue weighted by molar-refractivity contribution is 0.630. The first kappa shape index (κ1) is 8.67. The van der Waals surface area contributed by atoms with Crippen LogP contribution in [-0.2, 0) is 13.1 Å². The number of H-pyrrole nitrogens is 1. The molecule has 2 heterocycles. The normalized spacial score (nSPS) is 10.4. The molecule has 74 valence electrons. The summed E-state index contributed by atoms with van der Waals surface area (Å²) in [6.07, 6.45) is 3.36. The molecule has 7 heteroatoms. The molecule has 0 amide bonds. The van der Waals surface area contributed by atoms with E-state index in [-0.39, 0.29) is 0 Å². The number of anilines is 1. The second kappa shape index (κ2) is 3.86. The molecule has 2 rings (SSSR count). The second-order valence-electron chi connectivity index (χ2n) is 2.75. The predicted octanol–water partition coefficient (Wildman–Crippen LogP) is 0.0282. The van der Waals surface area contributed by atoms with Gasteiger partial charge in [-0.15, -0.1) is 5.10 Å². The maximum atomic E-state index is 3.92. The zero-order valence-corrected chi connectivity index (χ0v) is 7.80. The molecule has 2 aromatic rings. The molecule has 0 aromatic carbocycles. The van der Waals surface area contributed by atoms with Crippen molar-refractivity contribution in [1.82, 2.24) is 30.4 Å². The summed E-state index contributed by atoms with van der Waals surface area (Å²) < 4.78 is 1.78. The minimum Gasteiger partial charge on any atom is -0.363 e. The molecule has 0 spiro atoms. The van der Waals surface area contributed by atoms with Crippen LogP contribution in [-0.4, -0.2) is 30.4 Å². The summed E-state index contributed by atoms with van der Waals surface area (Å²) in [7, 11) is 0. The van der Waals surface area contributed by atoms with Gasteiger partial charge in [-0.25, -0.2) is 4.68 Å². The summed E-state index contributed by atoms with van der Waals surface area (Å²) >= 11 is 0. The van der Waals surface area contributed by atoms with E-state index in [1.165, 1.54) is 0 Å². The van der Waals surface area contributed by atoms with Crippen LogP contribution in [0.2, 0.25) is 0 Å². The number of nitrogens with zero attached hydrogens (tertiary/aromatic N) is 5. The molecule has 2 aromatic heterocycles. The lowest BCUT2D eigenvalue weighted by atomic mass is 10.5. The van der Waals surface area contributed by atoms with Crippen molar-refractivity contribution >= 4 is 5.82 Å². The highest BCUT2D eigenvalue weighted by atomic mass is 15.4. The Bertz CT molecular complexity index is 376. The van der Waals surface area contributed by atoms with Gasteiger partial charge < -0.3 is 5.32 Å². The molecule has 2 N–H and O–H groups in total. The molecular formula is C7H11N7. The van der Waals surface area contributed by atoms with Gasteiger partial charge in [0.25, 0.3) is 0 Å². The van der Waals surface area contributed by atoms with Crippen LogP contribution < -0.4 is 5.32 Å². The van der Waals surface area contributed by atoms with E-state index in [1.807, 2.05) is 6.92 Å². The van der Waals surface area contributed by atoms with Gasteiger partial charge in [-0.3, -0.25) is 0 Å². The molecule has 0 aliphatic rings. The van der Waals surface area contributed by atoms with Crippen LogP contribution in [0, 0.1) is 0 Å². The van der Waals surface area contributed by atoms with Gasteiger partial charge in [-0.1, -0.05) is 5.21 Å². The van der Waals surface area contributed by atoms with Gasteiger partial charge in [-0.2, -0.15) is 15.4 Å². The van der Waals surface area contributed by atoms with E-state index in [0.717, 1.165) is 18.1 Å². The van der Waals surface area contributed by atoms with Crippen molar-refractivity contribution in [2.45, 2.75) is 20.0 Å². The van der Waals surface area contributed by atoms with E-state index < -0.39 is 0 Å². The topological polar surface area (TPSA) is 84.3 Å². The van der Waals surface area contributed by atoms with Crippen LogP contribution in [0.25, 0.3) is 0 Å². The second-order valence-corrected chi connectivity index (χ2v) is 2.75. The zero-order valence-electron chi connectivity index (χ0n) is 7.80. The highest BCUT2D eigenvalue weighted by Crippen LogP contribution is 2.04. The number of aromatic amines is 1. The number of aromatic nitrogens is 6. The van der Waals surface area contributed by atoms with E-state index >= 15 is 0 Å². The molecular weight excluding hydrogens is 182 g/mol. The Kier molecular flexibility index (Phi) is 2.39. The van der Waals surface area contributed by atoms with Gasteiger partial charge in [0.1, 0.15) is 11.5 Å². The molecule has 0 saturated heterocycles. The standard InChI is InChI=1S/C7H11N7/c1-2-14-7(5-10-13-14)8-3-6-4-9-12-11-6/h4-5,8H,2-3H2,1H3,(H,9,11,12). The van der Waals surface area contributed by atoms with Crippen LogP contribution in [0.5, 0.6) is 0 Å². The Balaban J connectivity index is 1.98. The van der Waals surface area contributed by atoms with Gasteiger partial charge in [-0.05, 0) is 6.92 Å². The SMILES string of the molecule is CCn1nncc1NCc1cn[nH]n1. The summed E-state index contributed by atoms with van der Waals surface area (Å²) in [6.45, 7) is 3.42. The number of hydrogen-bond acceptors (Lipinski definition) is 5. The summed E-state index contributed by atoms with van der Waals surface area (Å²) in [6, 6.07) is 0. The minimum atomic E-state index is 0.615. The van der Waals surface area contributed by atoms with Crippen molar-refractivity contribution in [3.63, 3.8) is 0 Å². The Labute approximate surface area is 80.5 Å². The summed E-state index contributed by atoms with van der Waals surface area (Å²) in [5.41, 5.74) is 0.855. The average molecular weight is 193 g/mol.